The highest BCUT2D eigenvalue weighted by Gasteiger charge is 2.15. The lowest BCUT2D eigenvalue weighted by atomic mass is 10.2. The van der Waals surface area contributed by atoms with Crippen LogP contribution in [0.4, 0.5) is 0 Å². The summed E-state index contributed by atoms with van der Waals surface area (Å²) in [5.41, 5.74) is 6.44. The summed E-state index contributed by atoms with van der Waals surface area (Å²) in [4.78, 5) is 1.91. The van der Waals surface area contributed by atoms with Gasteiger partial charge < -0.3 is 10.9 Å². The van der Waals surface area contributed by atoms with Gasteiger partial charge in [0.2, 0.25) is 0 Å². The summed E-state index contributed by atoms with van der Waals surface area (Å²) in [5, 5.41) is 12.6. The molecular formula is C11H15Cl2N3O. The second-order valence-corrected chi connectivity index (χ2v) is 4.61. The molecule has 3 N–H and O–H groups in total. The van der Waals surface area contributed by atoms with Crippen LogP contribution >= 0.6 is 23.2 Å². The maximum atomic E-state index is 8.61. The molecule has 0 spiro atoms. The minimum atomic E-state index is -0.185. The molecule has 1 rings (SSSR count). The molecule has 1 aromatic carbocycles. The quantitative estimate of drug-likeness (QED) is 0.384. The monoisotopic (exact) mass is 275 g/mol. The Bertz CT molecular complexity index is 423. The number of rotatable bonds is 4. The third kappa shape index (κ3) is 3.49. The third-order valence-electron chi connectivity index (χ3n) is 2.66. The lowest BCUT2D eigenvalue weighted by Gasteiger charge is -2.24. The van der Waals surface area contributed by atoms with Crippen LogP contribution in [0, 0.1) is 0 Å². The number of hydrogen-bond acceptors (Lipinski definition) is 3. The molecule has 0 radical (unpaired) electrons. The highest BCUT2D eigenvalue weighted by atomic mass is 35.5. The van der Waals surface area contributed by atoms with Crippen molar-refractivity contribution in [1.29, 1.82) is 0 Å². The van der Waals surface area contributed by atoms with Gasteiger partial charge in [-0.2, -0.15) is 0 Å². The molecule has 0 aliphatic carbocycles. The molecule has 0 aliphatic heterocycles. The Hall–Kier alpha value is -0.970. The first-order chi connectivity index (χ1) is 7.97. The summed E-state index contributed by atoms with van der Waals surface area (Å²) in [6.45, 7) is 2.41. The number of hydrogen-bond donors (Lipinski definition) is 2. The molecule has 0 saturated carbocycles. The Morgan fingerprint density at radius 2 is 2.18 bits per heavy atom. The van der Waals surface area contributed by atoms with Crippen LogP contribution in [0.1, 0.15) is 12.5 Å². The zero-order valence-corrected chi connectivity index (χ0v) is 11.2. The van der Waals surface area contributed by atoms with E-state index >= 15 is 0 Å². The molecule has 1 atom stereocenters. The normalized spacial score (nSPS) is 14.1. The third-order valence-corrected chi connectivity index (χ3v) is 3.51. The molecule has 0 amide bonds. The largest absolute Gasteiger partial charge is 0.409 e. The fourth-order valence-electron chi connectivity index (χ4n) is 1.39. The van der Waals surface area contributed by atoms with Crippen molar-refractivity contribution in [3.63, 3.8) is 0 Å². The fourth-order valence-corrected chi connectivity index (χ4v) is 1.77. The standard InChI is InChI=1S/C11H15Cl2N3O/c1-7(11(14)15-17)16(2)6-8-4-3-5-9(12)10(8)13/h3-5,7,17H,6H2,1-2H3,(H2,14,15). The van der Waals surface area contributed by atoms with Gasteiger partial charge in [-0.15, -0.1) is 0 Å². The summed E-state index contributed by atoms with van der Waals surface area (Å²) in [5.74, 6) is 0.158. The second-order valence-electron chi connectivity index (χ2n) is 3.83. The van der Waals surface area contributed by atoms with E-state index in [0.717, 1.165) is 5.56 Å². The molecule has 1 aromatic rings. The van der Waals surface area contributed by atoms with Crippen LogP contribution in [-0.2, 0) is 6.54 Å². The Morgan fingerprint density at radius 3 is 2.76 bits per heavy atom. The lowest BCUT2D eigenvalue weighted by molar-refractivity contribution is 0.279. The average molecular weight is 276 g/mol. The molecule has 4 nitrogen and oxygen atoms in total. The van der Waals surface area contributed by atoms with Crippen molar-refractivity contribution in [2.75, 3.05) is 7.05 Å². The van der Waals surface area contributed by atoms with Crippen LogP contribution in [0.5, 0.6) is 0 Å². The highest BCUT2D eigenvalue weighted by molar-refractivity contribution is 6.42. The van der Waals surface area contributed by atoms with Gasteiger partial charge >= 0.3 is 0 Å². The number of amidine groups is 1. The minimum Gasteiger partial charge on any atom is -0.409 e. The van der Waals surface area contributed by atoms with Gasteiger partial charge in [-0.25, -0.2) is 0 Å². The van der Waals surface area contributed by atoms with Crippen molar-refractivity contribution >= 4 is 29.0 Å². The Balaban J connectivity index is 2.81. The minimum absolute atomic E-state index is 0.158. The summed E-state index contributed by atoms with van der Waals surface area (Å²) < 4.78 is 0. The van der Waals surface area contributed by atoms with E-state index in [1.54, 1.807) is 6.07 Å². The van der Waals surface area contributed by atoms with Gasteiger partial charge in [-0.05, 0) is 25.6 Å². The van der Waals surface area contributed by atoms with Crippen LogP contribution in [-0.4, -0.2) is 29.0 Å². The molecule has 0 saturated heterocycles. The highest BCUT2D eigenvalue weighted by Crippen LogP contribution is 2.26. The number of nitrogens with zero attached hydrogens (tertiary/aromatic N) is 2. The van der Waals surface area contributed by atoms with Crippen LogP contribution in [0.3, 0.4) is 0 Å². The van der Waals surface area contributed by atoms with Gasteiger partial charge in [0.05, 0.1) is 16.1 Å². The van der Waals surface area contributed by atoms with Crippen molar-refractivity contribution in [1.82, 2.24) is 4.90 Å². The van der Waals surface area contributed by atoms with Gasteiger partial charge in [0, 0.05) is 6.54 Å². The maximum absolute atomic E-state index is 8.61. The lowest BCUT2D eigenvalue weighted by Crippen LogP contribution is -2.40. The number of benzene rings is 1. The molecule has 0 bridgehead atoms. The predicted octanol–water partition coefficient (Wildman–Crippen LogP) is 2.56. The topological polar surface area (TPSA) is 61.9 Å². The second kappa shape index (κ2) is 6.10. The van der Waals surface area contributed by atoms with E-state index in [4.69, 9.17) is 34.1 Å². The van der Waals surface area contributed by atoms with E-state index in [2.05, 4.69) is 5.16 Å². The van der Waals surface area contributed by atoms with Crippen LogP contribution in [0.15, 0.2) is 23.4 Å². The van der Waals surface area contributed by atoms with Crippen molar-refractivity contribution in [2.24, 2.45) is 10.9 Å². The molecule has 94 valence electrons. The zero-order valence-electron chi connectivity index (χ0n) is 9.69. The van der Waals surface area contributed by atoms with Crippen LogP contribution < -0.4 is 5.73 Å². The Morgan fingerprint density at radius 1 is 1.53 bits per heavy atom. The van der Waals surface area contributed by atoms with E-state index in [9.17, 15) is 0 Å². The average Bonchev–Trinajstić information content (AvgIpc) is 2.32. The van der Waals surface area contributed by atoms with E-state index < -0.39 is 0 Å². The molecule has 0 heterocycles. The Kier molecular flexibility index (Phi) is 5.05. The van der Waals surface area contributed by atoms with Crippen molar-refractivity contribution in [3.05, 3.63) is 33.8 Å². The molecule has 1 unspecified atom stereocenters. The first-order valence-corrected chi connectivity index (χ1v) is 5.83. The molecule has 0 fully saturated rings. The first kappa shape index (κ1) is 14.1. The summed E-state index contributed by atoms with van der Waals surface area (Å²) >= 11 is 12.0. The van der Waals surface area contributed by atoms with Crippen molar-refractivity contribution < 1.29 is 5.21 Å². The smallest absolute Gasteiger partial charge is 0.156 e. The van der Waals surface area contributed by atoms with Crippen molar-refractivity contribution in [3.8, 4) is 0 Å². The van der Waals surface area contributed by atoms with E-state index in [-0.39, 0.29) is 11.9 Å². The first-order valence-electron chi connectivity index (χ1n) is 5.08. The summed E-state index contributed by atoms with van der Waals surface area (Å²) in [6.07, 6.45) is 0. The van der Waals surface area contributed by atoms with Gasteiger partial charge in [-0.1, -0.05) is 40.5 Å². The van der Waals surface area contributed by atoms with Crippen LogP contribution in [0.25, 0.3) is 0 Å². The molecule has 0 aromatic heterocycles. The van der Waals surface area contributed by atoms with Crippen LogP contribution in [0.2, 0.25) is 10.0 Å². The Labute approximate surface area is 111 Å². The molecule has 17 heavy (non-hydrogen) atoms. The number of likely N-dealkylation sites (N-methyl/N-ethyl adjacent to an activating group) is 1. The molecule has 0 aliphatic rings. The van der Waals surface area contributed by atoms with E-state index in [0.29, 0.717) is 16.6 Å². The fraction of sp³-hybridized carbons (Fsp3) is 0.364. The predicted molar refractivity (Wildman–Crippen MR) is 70.8 cm³/mol. The number of nitrogens with two attached hydrogens (primary N) is 1. The van der Waals surface area contributed by atoms with Gasteiger partial charge in [0.15, 0.2) is 5.84 Å². The molecular weight excluding hydrogens is 261 g/mol. The van der Waals surface area contributed by atoms with Gasteiger partial charge in [0.1, 0.15) is 0 Å². The zero-order chi connectivity index (χ0) is 13.0. The number of oxime groups is 1. The van der Waals surface area contributed by atoms with E-state index in [1.165, 1.54) is 0 Å². The van der Waals surface area contributed by atoms with Gasteiger partial charge in [-0.3, -0.25) is 4.90 Å². The number of halogens is 2. The maximum Gasteiger partial charge on any atom is 0.156 e. The van der Waals surface area contributed by atoms with Crippen molar-refractivity contribution in [2.45, 2.75) is 19.5 Å². The van der Waals surface area contributed by atoms with E-state index in [1.807, 2.05) is 31.0 Å². The summed E-state index contributed by atoms with van der Waals surface area (Å²) in [6, 6.07) is 5.28. The van der Waals surface area contributed by atoms with Gasteiger partial charge in [0.25, 0.3) is 0 Å². The SMILES string of the molecule is CC(/C(N)=N/O)N(C)Cc1cccc(Cl)c1Cl. The summed E-state index contributed by atoms with van der Waals surface area (Å²) in [7, 11) is 1.86. The molecule has 6 heteroatoms.